The number of nitrogens with one attached hydrogen (secondary N) is 1. The molecule has 1 N–H and O–H groups in total. The molecule has 1 aliphatic rings. The third-order valence-electron chi connectivity index (χ3n) is 3.03. The Morgan fingerprint density at radius 3 is 2.88 bits per heavy atom. The van der Waals surface area contributed by atoms with Crippen LogP contribution in [0, 0.1) is 0 Å². The van der Waals surface area contributed by atoms with Crippen molar-refractivity contribution < 1.29 is 4.74 Å². The monoisotopic (exact) mass is 231 g/mol. The molecule has 0 amide bonds. The molecule has 0 fully saturated rings. The Balaban J connectivity index is 2.23. The number of rotatable bonds is 3. The molecule has 0 aliphatic carbocycles. The van der Waals surface area contributed by atoms with Crippen LogP contribution in [0.15, 0.2) is 36.4 Å². The van der Waals surface area contributed by atoms with Gasteiger partial charge < -0.3 is 10.1 Å². The second kappa shape index (κ2) is 4.53. The molecule has 0 saturated heterocycles. The zero-order chi connectivity index (χ0) is 12.5. The standard InChI is InChI=1S/C15H21NO/c1-11(2)10-16-13-9-15(3,4)17-14-8-6-5-7-12(13)14/h5-8,13,16H,1,9-10H2,2-4H3. The largest absolute Gasteiger partial charge is 0.487 e. The lowest BCUT2D eigenvalue weighted by atomic mass is 9.89. The highest BCUT2D eigenvalue weighted by Gasteiger charge is 2.32. The predicted octanol–water partition coefficient (Wildman–Crippen LogP) is 3.45. The van der Waals surface area contributed by atoms with Crippen molar-refractivity contribution in [2.24, 2.45) is 0 Å². The summed E-state index contributed by atoms with van der Waals surface area (Å²) in [6.07, 6.45) is 0.983. The van der Waals surface area contributed by atoms with Crippen molar-refractivity contribution in [1.82, 2.24) is 5.32 Å². The zero-order valence-electron chi connectivity index (χ0n) is 10.9. The van der Waals surface area contributed by atoms with Crippen molar-refractivity contribution in [3.63, 3.8) is 0 Å². The smallest absolute Gasteiger partial charge is 0.124 e. The van der Waals surface area contributed by atoms with E-state index in [-0.39, 0.29) is 5.60 Å². The van der Waals surface area contributed by atoms with Gasteiger partial charge in [-0.25, -0.2) is 0 Å². The molecule has 92 valence electrons. The van der Waals surface area contributed by atoms with Crippen molar-refractivity contribution in [3.8, 4) is 5.75 Å². The molecule has 17 heavy (non-hydrogen) atoms. The number of benzene rings is 1. The van der Waals surface area contributed by atoms with Gasteiger partial charge in [0.25, 0.3) is 0 Å². The molecule has 1 unspecified atom stereocenters. The average molecular weight is 231 g/mol. The van der Waals surface area contributed by atoms with Gasteiger partial charge in [-0.2, -0.15) is 0 Å². The summed E-state index contributed by atoms with van der Waals surface area (Å²) >= 11 is 0. The molecule has 2 nitrogen and oxygen atoms in total. The van der Waals surface area contributed by atoms with Gasteiger partial charge in [0.05, 0.1) is 0 Å². The normalized spacial score (nSPS) is 21.5. The van der Waals surface area contributed by atoms with Crippen LogP contribution in [0.2, 0.25) is 0 Å². The van der Waals surface area contributed by atoms with Gasteiger partial charge in [-0.05, 0) is 26.8 Å². The summed E-state index contributed by atoms with van der Waals surface area (Å²) in [5, 5.41) is 3.55. The third kappa shape index (κ3) is 2.89. The maximum Gasteiger partial charge on any atom is 0.124 e. The van der Waals surface area contributed by atoms with Crippen molar-refractivity contribution in [2.45, 2.75) is 38.8 Å². The van der Waals surface area contributed by atoms with Crippen LogP contribution in [0.4, 0.5) is 0 Å². The number of hydrogen-bond donors (Lipinski definition) is 1. The first-order valence-corrected chi connectivity index (χ1v) is 6.14. The van der Waals surface area contributed by atoms with Gasteiger partial charge in [-0.1, -0.05) is 30.4 Å². The van der Waals surface area contributed by atoms with E-state index in [1.807, 2.05) is 19.1 Å². The molecule has 0 saturated carbocycles. The zero-order valence-corrected chi connectivity index (χ0v) is 10.9. The minimum absolute atomic E-state index is 0.110. The van der Waals surface area contributed by atoms with Gasteiger partial charge in [0, 0.05) is 24.6 Å². The summed E-state index contributed by atoms with van der Waals surface area (Å²) in [5.74, 6) is 1.00. The summed E-state index contributed by atoms with van der Waals surface area (Å²) in [6, 6.07) is 8.63. The highest BCUT2D eigenvalue weighted by molar-refractivity contribution is 5.38. The van der Waals surface area contributed by atoms with Crippen LogP contribution in [0.3, 0.4) is 0 Å². The second-order valence-electron chi connectivity index (χ2n) is 5.49. The molecule has 1 aromatic carbocycles. The van der Waals surface area contributed by atoms with E-state index in [4.69, 9.17) is 4.74 Å². The van der Waals surface area contributed by atoms with E-state index in [0.717, 1.165) is 24.3 Å². The Morgan fingerprint density at radius 1 is 1.47 bits per heavy atom. The molecule has 1 aromatic rings. The van der Waals surface area contributed by atoms with E-state index in [9.17, 15) is 0 Å². The van der Waals surface area contributed by atoms with Crippen LogP contribution in [0.1, 0.15) is 38.8 Å². The first kappa shape index (κ1) is 12.2. The Labute approximate surface area is 104 Å². The maximum absolute atomic E-state index is 5.99. The van der Waals surface area contributed by atoms with Gasteiger partial charge in [-0.15, -0.1) is 0 Å². The van der Waals surface area contributed by atoms with E-state index in [0.29, 0.717) is 6.04 Å². The summed E-state index contributed by atoms with van der Waals surface area (Å²) in [4.78, 5) is 0. The van der Waals surface area contributed by atoms with E-state index in [1.165, 1.54) is 5.56 Å². The lowest BCUT2D eigenvalue weighted by Crippen LogP contribution is -2.39. The fourth-order valence-corrected chi connectivity index (χ4v) is 2.28. The Kier molecular flexibility index (Phi) is 3.25. The molecule has 2 heteroatoms. The van der Waals surface area contributed by atoms with Crippen LogP contribution >= 0.6 is 0 Å². The van der Waals surface area contributed by atoms with Gasteiger partial charge >= 0.3 is 0 Å². The summed E-state index contributed by atoms with van der Waals surface area (Å²) < 4.78 is 5.99. The molecular weight excluding hydrogens is 210 g/mol. The maximum atomic E-state index is 5.99. The molecule has 2 rings (SSSR count). The SMILES string of the molecule is C=C(C)CNC1CC(C)(C)Oc2ccccc21. The van der Waals surface area contributed by atoms with Gasteiger partial charge in [0.2, 0.25) is 0 Å². The number of ether oxygens (including phenoxy) is 1. The number of para-hydroxylation sites is 1. The van der Waals surface area contributed by atoms with E-state index in [1.54, 1.807) is 0 Å². The Bertz CT molecular complexity index is 423. The minimum atomic E-state index is -0.110. The number of hydrogen-bond acceptors (Lipinski definition) is 2. The summed E-state index contributed by atoms with van der Waals surface area (Å²) in [6.45, 7) is 11.1. The van der Waals surface area contributed by atoms with Crippen LogP contribution in [-0.4, -0.2) is 12.1 Å². The van der Waals surface area contributed by atoms with Crippen LogP contribution in [-0.2, 0) is 0 Å². The van der Waals surface area contributed by atoms with E-state index < -0.39 is 0 Å². The van der Waals surface area contributed by atoms with Crippen molar-refractivity contribution >= 4 is 0 Å². The van der Waals surface area contributed by atoms with Crippen molar-refractivity contribution in [3.05, 3.63) is 42.0 Å². The summed E-state index contributed by atoms with van der Waals surface area (Å²) in [7, 11) is 0. The predicted molar refractivity (Wildman–Crippen MR) is 71.3 cm³/mol. The van der Waals surface area contributed by atoms with Gasteiger partial charge in [0.15, 0.2) is 0 Å². The van der Waals surface area contributed by atoms with Crippen LogP contribution in [0.25, 0.3) is 0 Å². The van der Waals surface area contributed by atoms with Crippen LogP contribution in [0.5, 0.6) is 5.75 Å². The molecule has 0 aromatic heterocycles. The molecule has 1 heterocycles. The molecule has 1 atom stereocenters. The second-order valence-corrected chi connectivity index (χ2v) is 5.49. The first-order chi connectivity index (χ1) is 7.98. The average Bonchev–Trinajstić information content (AvgIpc) is 2.24. The highest BCUT2D eigenvalue weighted by atomic mass is 16.5. The van der Waals surface area contributed by atoms with Crippen molar-refractivity contribution in [1.29, 1.82) is 0 Å². The van der Waals surface area contributed by atoms with Gasteiger partial charge in [-0.3, -0.25) is 0 Å². The van der Waals surface area contributed by atoms with E-state index in [2.05, 4.69) is 37.9 Å². The van der Waals surface area contributed by atoms with Gasteiger partial charge in [0.1, 0.15) is 11.4 Å². The Morgan fingerprint density at radius 2 is 2.18 bits per heavy atom. The molecular formula is C15H21NO. The highest BCUT2D eigenvalue weighted by Crippen LogP contribution is 2.39. The molecule has 0 radical (unpaired) electrons. The van der Waals surface area contributed by atoms with E-state index >= 15 is 0 Å². The lowest BCUT2D eigenvalue weighted by Gasteiger charge is -2.38. The third-order valence-corrected chi connectivity index (χ3v) is 3.03. The quantitative estimate of drug-likeness (QED) is 0.804. The fourth-order valence-electron chi connectivity index (χ4n) is 2.28. The molecule has 0 spiro atoms. The first-order valence-electron chi connectivity index (χ1n) is 6.14. The number of fused-ring (bicyclic) bond motifs is 1. The Hall–Kier alpha value is -1.28. The fraction of sp³-hybridized carbons (Fsp3) is 0.467. The molecule has 0 bridgehead atoms. The summed E-state index contributed by atoms with van der Waals surface area (Å²) in [5.41, 5.74) is 2.31. The molecule has 1 aliphatic heterocycles. The minimum Gasteiger partial charge on any atom is -0.487 e. The topological polar surface area (TPSA) is 21.3 Å². The van der Waals surface area contributed by atoms with Crippen molar-refractivity contribution in [2.75, 3.05) is 6.54 Å². The lowest BCUT2D eigenvalue weighted by molar-refractivity contribution is 0.0666. The van der Waals surface area contributed by atoms with Crippen LogP contribution < -0.4 is 10.1 Å².